The lowest BCUT2D eigenvalue weighted by Gasteiger charge is -2.34. The Labute approximate surface area is 133 Å². The van der Waals surface area contributed by atoms with Gasteiger partial charge in [0.15, 0.2) is 0 Å². The van der Waals surface area contributed by atoms with Crippen molar-refractivity contribution in [1.82, 2.24) is 5.32 Å². The van der Waals surface area contributed by atoms with Crippen LogP contribution in [0, 0.1) is 10.1 Å². The summed E-state index contributed by atoms with van der Waals surface area (Å²) < 4.78 is 0. The first-order valence-electron chi connectivity index (χ1n) is 7.16. The molecule has 0 aliphatic carbocycles. The Morgan fingerprint density at radius 1 is 1.52 bits per heavy atom. The first-order chi connectivity index (χ1) is 10.8. The third kappa shape index (κ3) is 4.05. The first-order valence-corrected chi connectivity index (χ1v) is 7.16. The first kappa shape index (κ1) is 16.9. The number of carbonyl (C=O) groups is 1. The maximum atomic E-state index is 11.9. The Balaban J connectivity index is 2.32. The van der Waals surface area contributed by atoms with Crippen LogP contribution in [-0.4, -0.2) is 41.2 Å². The summed E-state index contributed by atoms with van der Waals surface area (Å²) in [5.74, 6) is -0.478. The summed E-state index contributed by atoms with van der Waals surface area (Å²) in [5, 5.41) is 24.0. The van der Waals surface area contributed by atoms with Gasteiger partial charge in [-0.1, -0.05) is 12.2 Å². The van der Waals surface area contributed by atoms with Gasteiger partial charge in [0.25, 0.3) is 11.6 Å². The van der Waals surface area contributed by atoms with Crippen molar-refractivity contribution in [2.75, 3.05) is 24.8 Å². The molecule has 0 atom stereocenters. The highest BCUT2D eigenvalue weighted by atomic mass is 16.7. The fraction of sp³-hybridized carbons (Fsp3) is 0.400. The minimum Gasteiger partial charge on any atom is -0.395 e. The van der Waals surface area contributed by atoms with Crippen molar-refractivity contribution in [3.63, 3.8) is 0 Å². The van der Waals surface area contributed by atoms with E-state index in [-0.39, 0.29) is 30.1 Å². The summed E-state index contributed by atoms with van der Waals surface area (Å²) >= 11 is 0. The molecule has 1 aliphatic rings. The van der Waals surface area contributed by atoms with E-state index in [2.05, 4.69) is 5.32 Å². The lowest BCUT2D eigenvalue weighted by Crippen LogP contribution is -2.38. The zero-order chi connectivity index (χ0) is 17.0. The van der Waals surface area contributed by atoms with Crippen LogP contribution in [0.1, 0.15) is 24.2 Å². The summed E-state index contributed by atoms with van der Waals surface area (Å²) in [7, 11) is 0. The maximum absolute atomic E-state index is 11.9. The molecule has 1 aliphatic heterocycles. The molecular formula is C15H19N3O5. The highest BCUT2D eigenvalue weighted by Crippen LogP contribution is 2.33. The number of nitrogens with one attached hydrogen (secondary N) is 1. The number of amides is 1. The fourth-order valence-corrected chi connectivity index (χ4v) is 2.22. The van der Waals surface area contributed by atoms with E-state index in [4.69, 9.17) is 9.94 Å². The molecule has 0 saturated carbocycles. The smallest absolute Gasteiger partial charge is 0.295 e. The summed E-state index contributed by atoms with van der Waals surface area (Å²) in [6.45, 7) is 3.95. The van der Waals surface area contributed by atoms with Crippen LogP contribution in [0.4, 0.5) is 11.4 Å². The Hall–Kier alpha value is -2.45. The van der Waals surface area contributed by atoms with Gasteiger partial charge in [-0.3, -0.25) is 19.7 Å². The van der Waals surface area contributed by atoms with Gasteiger partial charge in [0.2, 0.25) is 0 Å². The molecule has 2 N–H and O–H groups in total. The second kappa shape index (κ2) is 6.76. The van der Waals surface area contributed by atoms with E-state index in [1.807, 2.05) is 26.0 Å². The van der Waals surface area contributed by atoms with Crippen LogP contribution in [0.5, 0.6) is 0 Å². The number of aliphatic hydroxyl groups excluding tert-OH is 1. The number of hydrogen-bond donors (Lipinski definition) is 2. The minimum absolute atomic E-state index is 0.0859. The number of hydrogen-bond acceptors (Lipinski definition) is 6. The van der Waals surface area contributed by atoms with E-state index in [9.17, 15) is 14.9 Å². The van der Waals surface area contributed by atoms with Crippen molar-refractivity contribution in [2.45, 2.75) is 19.4 Å². The molecule has 124 valence electrons. The highest BCUT2D eigenvalue weighted by molar-refractivity contribution is 5.95. The highest BCUT2D eigenvalue weighted by Gasteiger charge is 2.28. The van der Waals surface area contributed by atoms with Gasteiger partial charge in [0.1, 0.15) is 11.3 Å². The average Bonchev–Trinajstić information content (AvgIpc) is 2.51. The van der Waals surface area contributed by atoms with Crippen LogP contribution in [0.15, 0.2) is 30.4 Å². The lowest BCUT2D eigenvalue weighted by atomic mass is 10.1. The van der Waals surface area contributed by atoms with Gasteiger partial charge in [0, 0.05) is 18.2 Å². The number of aliphatic hydroxyl groups is 1. The van der Waals surface area contributed by atoms with Crippen molar-refractivity contribution in [3.05, 3.63) is 46.0 Å². The number of hydroxylamine groups is 1. The number of nitro groups is 1. The van der Waals surface area contributed by atoms with Gasteiger partial charge < -0.3 is 10.4 Å². The van der Waals surface area contributed by atoms with Crippen LogP contribution < -0.4 is 10.4 Å². The second-order valence-corrected chi connectivity index (χ2v) is 5.60. The SMILES string of the molecule is CC1(C)C=CCN(c2ccc(C(=O)NCCO)cc2[N+](=O)[O-])O1. The van der Waals surface area contributed by atoms with Gasteiger partial charge in [-0.05, 0) is 26.0 Å². The van der Waals surface area contributed by atoms with Gasteiger partial charge in [-0.2, -0.15) is 0 Å². The van der Waals surface area contributed by atoms with Crippen LogP contribution in [0.3, 0.4) is 0 Å². The molecule has 0 spiro atoms. The number of anilines is 1. The molecule has 1 amide bonds. The number of nitrogens with zero attached hydrogens (tertiary/aromatic N) is 2. The fourth-order valence-electron chi connectivity index (χ4n) is 2.22. The van der Waals surface area contributed by atoms with Crippen molar-refractivity contribution >= 4 is 17.3 Å². The van der Waals surface area contributed by atoms with Gasteiger partial charge in [-0.25, -0.2) is 5.06 Å². The Bertz CT molecular complexity index is 642. The quantitative estimate of drug-likeness (QED) is 0.482. The van der Waals surface area contributed by atoms with Gasteiger partial charge in [0.05, 0.1) is 18.1 Å². The van der Waals surface area contributed by atoms with Crippen LogP contribution >= 0.6 is 0 Å². The third-order valence-electron chi connectivity index (χ3n) is 3.24. The van der Waals surface area contributed by atoms with Crippen molar-refractivity contribution in [3.8, 4) is 0 Å². The van der Waals surface area contributed by atoms with Crippen LogP contribution in [0.25, 0.3) is 0 Å². The van der Waals surface area contributed by atoms with E-state index < -0.39 is 16.4 Å². The summed E-state index contributed by atoms with van der Waals surface area (Å²) in [6.07, 6.45) is 3.75. The maximum Gasteiger partial charge on any atom is 0.295 e. The lowest BCUT2D eigenvalue weighted by molar-refractivity contribution is -0.384. The molecule has 0 aromatic heterocycles. The van der Waals surface area contributed by atoms with Crippen LogP contribution in [-0.2, 0) is 4.84 Å². The molecule has 0 fully saturated rings. The summed E-state index contributed by atoms with van der Waals surface area (Å²) in [4.78, 5) is 28.4. The molecule has 8 heteroatoms. The molecule has 0 saturated heterocycles. The predicted octanol–water partition coefficient (Wildman–Crippen LogP) is 1.40. The molecule has 0 bridgehead atoms. The van der Waals surface area contributed by atoms with Gasteiger partial charge >= 0.3 is 0 Å². The molecule has 2 rings (SSSR count). The minimum atomic E-state index is -0.566. The Kier molecular flexibility index (Phi) is 4.97. The molecule has 8 nitrogen and oxygen atoms in total. The molecule has 23 heavy (non-hydrogen) atoms. The zero-order valence-electron chi connectivity index (χ0n) is 13.0. The van der Waals surface area contributed by atoms with E-state index in [1.165, 1.54) is 23.3 Å². The number of benzene rings is 1. The van der Waals surface area contributed by atoms with E-state index >= 15 is 0 Å². The van der Waals surface area contributed by atoms with E-state index in [1.54, 1.807) is 0 Å². The molecule has 1 aromatic rings. The number of rotatable bonds is 5. The third-order valence-corrected chi connectivity index (χ3v) is 3.24. The topological polar surface area (TPSA) is 105 Å². The zero-order valence-corrected chi connectivity index (χ0v) is 13.0. The number of nitro benzene ring substituents is 1. The van der Waals surface area contributed by atoms with Crippen molar-refractivity contribution in [2.24, 2.45) is 0 Å². The normalized spacial score (nSPS) is 16.2. The Morgan fingerprint density at radius 2 is 2.26 bits per heavy atom. The summed E-state index contributed by atoms with van der Waals surface area (Å²) in [5.41, 5.74) is -0.344. The predicted molar refractivity (Wildman–Crippen MR) is 84.2 cm³/mol. The standard InChI is InChI=1S/C15H19N3O5/c1-15(2)6-3-8-17(23-15)12-5-4-11(10-13(12)18(21)22)14(20)16-7-9-19/h3-6,10,19H,7-9H2,1-2H3,(H,16,20). The molecule has 1 aromatic carbocycles. The average molecular weight is 321 g/mol. The molecule has 0 unspecified atom stereocenters. The van der Waals surface area contributed by atoms with E-state index in [0.29, 0.717) is 6.54 Å². The molecular weight excluding hydrogens is 302 g/mol. The summed E-state index contributed by atoms with van der Waals surface area (Å²) in [6, 6.07) is 4.18. The van der Waals surface area contributed by atoms with Crippen molar-refractivity contribution < 1.29 is 19.7 Å². The monoisotopic (exact) mass is 321 g/mol. The van der Waals surface area contributed by atoms with Crippen molar-refractivity contribution in [1.29, 1.82) is 0 Å². The second-order valence-electron chi connectivity index (χ2n) is 5.60. The molecule has 1 heterocycles. The van der Waals surface area contributed by atoms with E-state index in [0.717, 1.165) is 0 Å². The van der Waals surface area contributed by atoms with Crippen LogP contribution in [0.2, 0.25) is 0 Å². The Morgan fingerprint density at radius 3 is 2.87 bits per heavy atom. The van der Waals surface area contributed by atoms with Gasteiger partial charge in [-0.15, -0.1) is 0 Å². The largest absolute Gasteiger partial charge is 0.395 e. The number of carbonyl (C=O) groups excluding carboxylic acids is 1. The molecule has 0 radical (unpaired) electrons.